The summed E-state index contributed by atoms with van der Waals surface area (Å²) in [6.07, 6.45) is 0.0689. The van der Waals surface area contributed by atoms with Crippen LogP contribution in [0.3, 0.4) is 0 Å². The van der Waals surface area contributed by atoms with E-state index in [0.29, 0.717) is 0 Å². The summed E-state index contributed by atoms with van der Waals surface area (Å²) in [7, 11) is 3.32. The van der Waals surface area contributed by atoms with Crippen molar-refractivity contribution in [1.82, 2.24) is 0 Å². The van der Waals surface area contributed by atoms with E-state index in [1.54, 1.807) is 26.0 Å². The number of halogens is 2. The van der Waals surface area contributed by atoms with Gasteiger partial charge in [-0.2, -0.15) is 0 Å². The number of methoxy groups -OCH3 is 2. The Kier molecular flexibility index (Phi) is 8.67. The molecular formula is C20H24I2O4S. The highest BCUT2D eigenvalue weighted by atomic mass is 127. The van der Waals surface area contributed by atoms with E-state index in [2.05, 4.69) is 45.2 Å². The fourth-order valence-corrected chi connectivity index (χ4v) is 4.88. The molecule has 0 fully saturated rings. The molecule has 148 valence electrons. The third-order valence-corrected chi connectivity index (χ3v) is 7.16. The lowest BCUT2D eigenvalue weighted by atomic mass is 10.3. The molecule has 2 aromatic carbocycles. The summed E-state index contributed by atoms with van der Waals surface area (Å²) in [6.45, 7) is 8.04. The standard InChI is InChI=1S/C20H24I2O4S/c1-11(2)25-17-15(23-5)9-7-13(21)19(17)27-20-14(22)8-10-16(24-6)18(20)26-12(3)4/h7-12H,1-6H3. The fourth-order valence-electron chi connectivity index (χ4n) is 2.35. The van der Waals surface area contributed by atoms with Crippen LogP contribution in [0.2, 0.25) is 0 Å². The van der Waals surface area contributed by atoms with Crippen molar-refractivity contribution in [3.8, 4) is 23.0 Å². The Bertz CT molecular complexity index is 729. The van der Waals surface area contributed by atoms with E-state index in [-0.39, 0.29) is 12.2 Å². The first-order valence-corrected chi connectivity index (χ1v) is 11.5. The SMILES string of the molecule is COc1ccc(I)c(Sc2c(I)ccc(OC)c2OC(C)C)c1OC(C)C. The van der Waals surface area contributed by atoms with Gasteiger partial charge in [-0.15, -0.1) is 0 Å². The van der Waals surface area contributed by atoms with Gasteiger partial charge in [0.15, 0.2) is 23.0 Å². The molecule has 0 saturated carbocycles. The predicted molar refractivity (Wildman–Crippen MR) is 127 cm³/mol. The molecule has 0 aliphatic heterocycles. The number of hydrogen-bond donors (Lipinski definition) is 0. The second-order valence-corrected chi connectivity index (χ2v) is 9.60. The zero-order valence-electron chi connectivity index (χ0n) is 16.3. The molecule has 7 heteroatoms. The minimum atomic E-state index is 0.0345. The van der Waals surface area contributed by atoms with E-state index in [1.165, 1.54) is 0 Å². The van der Waals surface area contributed by atoms with Gasteiger partial charge in [-0.25, -0.2) is 0 Å². The van der Waals surface area contributed by atoms with Gasteiger partial charge in [0, 0.05) is 7.14 Å². The van der Waals surface area contributed by atoms with E-state index < -0.39 is 0 Å². The van der Waals surface area contributed by atoms with Crippen LogP contribution < -0.4 is 18.9 Å². The van der Waals surface area contributed by atoms with E-state index >= 15 is 0 Å². The molecule has 0 aliphatic carbocycles. The molecular weight excluding hydrogens is 590 g/mol. The van der Waals surface area contributed by atoms with Crippen LogP contribution in [-0.4, -0.2) is 26.4 Å². The van der Waals surface area contributed by atoms with Crippen LogP contribution in [-0.2, 0) is 0 Å². The molecule has 0 N–H and O–H groups in total. The minimum absolute atomic E-state index is 0.0345. The van der Waals surface area contributed by atoms with Crippen molar-refractivity contribution in [1.29, 1.82) is 0 Å². The predicted octanol–water partition coefficient (Wildman–Crippen LogP) is 6.64. The fraction of sp³-hybridized carbons (Fsp3) is 0.400. The second-order valence-electron chi connectivity index (χ2n) is 6.25. The summed E-state index contributed by atoms with van der Waals surface area (Å²) in [4.78, 5) is 2.01. The lowest BCUT2D eigenvalue weighted by Crippen LogP contribution is -2.09. The van der Waals surface area contributed by atoms with E-state index in [4.69, 9.17) is 18.9 Å². The van der Waals surface area contributed by atoms with E-state index in [9.17, 15) is 0 Å². The molecule has 4 nitrogen and oxygen atoms in total. The molecule has 27 heavy (non-hydrogen) atoms. The zero-order chi connectivity index (χ0) is 20.1. The maximum atomic E-state index is 6.11. The second kappa shape index (κ2) is 10.3. The van der Waals surface area contributed by atoms with E-state index in [0.717, 1.165) is 39.9 Å². The minimum Gasteiger partial charge on any atom is -0.493 e. The van der Waals surface area contributed by atoms with Gasteiger partial charge in [-0.05, 0) is 97.1 Å². The molecule has 0 aromatic heterocycles. The molecule has 0 radical (unpaired) electrons. The van der Waals surface area contributed by atoms with Crippen molar-refractivity contribution < 1.29 is 18.9 Å². The smallest absolute Gasteiger partial charge is 0.176 e. The highest BCUT2D eigenvalue weighted by Gasteiger charge is 2.22. The van der Waals surface area contributed by atoms with Crippen molar-refractivity contribution in [3.63, 3.8) is 0 Å². The average Bonchev–Trinajstić information content (AvgIpc) is 2.60. The lowest BCUT2D eigenvalue weighted by molar-refractivity contribution is 0.222. The Labute approximate surface area is 193 Å². The van der Waals surface area contributed by atoms with Crippen LogP contribution in [0.5, 0.6) is 23.0 Å². The van der Waals surface area contributed by atoms with Crippen molar-refractivity contribution in [2.75, 3.05) is 14.2 Å². The summed E-state index contributed by atoms with van der Waals surface area (Å²) in [5.74, 6) is 2.93. The van der Waals surface area contributed by atoms with Gasteiger partial charge in [0.2, 0.25) is 0 Å². The Morgan fingerprint density at radius 2 is 1.07 bits per heavy atom. The number of benzene rings is 2. The van der Waals surface area contributed by atoms with Crippen LogP contribution in [0, 0.1) is 7.14 Å². The van der Waals surface area contributed by atoms with Gasteiger partial charge in [-0.3, -0.25) is 0 Å². The Morgan fingerprint density at radius 1 is 0.704 bits per heavy atom. The van der Waals surface area contributed by atoms with Gasteiger partial charge in [0.05, 0.1) is 36.2 Å². The maximum absolute atomic E-state index is 6.11. The summed E-state index contributed by atoms with van der Waals surface area (Å²) < 4.78 is 25.5. The Hall–Kier alpha value is -0.550. The summed E-state index contributed by atoms with van der Waals surface area (Å²) in [5, 5.41) is 0. The molecule has 0 heterocycles. The highest BCUT2D eigenvalue weighted by molar-refractivity contribution is 14.1. The zero-order valence-corrected chi connectivity index (χ0v) is 21.4. The number of ether oxygens (including phenoxy) is 4. The number of rotatable bonds is 8. The van der Waals surface area contributed by atoms with E-state index in [1.807, 2.05) is 52.0 Å². The first-order chi connectivity index (χ1) is 12.8. The maximum Gasteiger partial charge on any atom is 0.176 e. The molecule has 0 amide bonds. The molecule has 0 aliphatic rings. The molecule has 0 unspecified atom stereocenters. The van der Waals surface area contributed by atoms with Crippen LogP contribution in [0.4, 0.5) is 0 Å². The van der Waals surface area contributed by atoms with Crippen molar-refractivity contribution in [3.05, 3.63) is 31.4 Å². The van der Waals surface area contributed by atoms with Crippen LogP contribution >= 0.6 is 56.9 Å². The molecule has 0 saturated heterocycles. The average molecular weight is 614 g/mol. The topological polar surface area (TPSA) is 36.9 Å². The molecule has 0 atom stereocenters. The lowest BCUT2D eigenvalue weighted by Gasteiger charge is -2.21. The molecule has 0 spiro atoms. The third kappa shape index (κ3) is 5.72. The third-order valence-electron chi connectivity index (χ3n) is 3.41. The first-order valence-electron chi connectivity index (χ1n) is 8.52. The highest BCUT2D eigenvalue weighted by Crippen LogP contribution is 2.50. The summed E-state index contributed by atoms with van der Waals surface area (Å²) in [6, 6.07) is 7.94. The summed E-state index contributed by atoms with van der Waals surface area (Å²) in [5.41, 5.74) is 0. The van der Waals surface area contributed by atoms with Crippen molar-refractivity contribution >= 4 is 56.9 Å². The van der Waals surface area contributed by atoms with Gasteiger partial charge in [0.1, 0.15) is 0 Å². The summed E-state index contributed by atoms with van der Waals surface area (Å²) >= 11 is 6.27. The van der Waals surface area contributed by atoms with Gasteiger partial charge in [-0.1, -0.05) is 11.8 Å². The number of hydrogen-bond acceptors (Lipinski definition) is 5. The van der Waals surface area contributed by atoms with Gasteiger partial charge < -0.3 is 18.9 Å². The normalized spacial score (nSPS) is 11.0. The molecule has 0 bridgehead atoms. The largest absolute Gasteiger partial charge is 0.493 e. The quantitative estimate of drug-likeness (QED) is 0.312. The molecule has 2 aromatic rings. The molecule has 2 rings (SSSR count). The van der Waals surface area contributed by atoms with Crippen LogP contribution in [0.15, 0.2) is 34.1 Å². The van der Waals surface area contributed by atoms with Gasteiger partial charge >= 0.3 is 0 Å². The Balaban J connectivity index is 2.63. The monoisotopic (exact) mass is 614 g/mol. The van der Waals surface area contributed by atoms with Crippen LogP contribution in [0.25, 0.3) is 0 Å². The van der Waals surface area contributed by atoms with Crippen molar-refractivity contribution in [2.45, 2.75) is 49.7 Å². The first kappa shape index (κ1) is 22.7. The Morgan fingerprint density at radius 3 is 1.37 bits per heavy atom. The van der Waals surface area contributed by atoms with Crippen LogP contribution in [0.1, 0.15) is 27.7 Å². The van der Waals surface area contributed by atoms with Crippen molar-refractivity contribution in [2.24, 2.45) is 0 Å². The van der Waals surface area contributed by atoms with Gasteiger partial charge in [0.25, 0.3) is 0 Å².